The Labute approximate surface area is 149 Å². The van der Waals surface area contributed by atoms with Crippen LogP contribution in [0.5, 0.6) is 11.5 Å². The number of H-pyrrole nitrogens is 1. The van der Waals surface area contributed by atoms with Crippen LogP contribution in [0, 0.1) is 0 Å². The number of halogens is 1. The molecule has 0 aliphatic carbocycles. The number of aromatic nitrogens is 3. The van der Waals surface area contributed by atoms with Crippen molar-refractivity contribution in [1.29, 1.82) is 0 Å². The molecule has 0 saturated heterocycles. The minimum absolute atomic E-state index is 0.115. The maximum Gasteiger partial charge on any atom is 0.274 e. The predicted octanol–water partition coefficient (Wildman–Crippen LogP) is 2.67. The number of anilines is 1. The van der Waals surface area contributed by atoms with Crippen molar-refractivity contribution in [2.24, 2.45) is 5.10 Å². The Balaban J connectivity index is 2.16. The van der Waals surface area contributed by atoms with Crippen LogP contribution in [0.25, 0.3) is 0 Å². The molecule has 0 atom stereocenters. The van der Waals surface area contributed by atoms with E-state index in [-0.39, 0.29) is 28.0 Å². The molecular weight excluding hydrogens is 346 g/mol. The number of nitrogens with zero attached hydrogens (tertiary/aromatic N) is 3. The highest BCUT2D eigenvalue weighted by Crippen LogP contribution is 2.34. The van der Waals surface area contributed by atoms with Crippen LogP contribution in [0.2, 0.25) is 5.02 Å². The summed E-state index contributed by atoms with van der Waals surface area (Å²) in [5, 5.41) is 21.8. The highest BCUT2D eigenvalue weighted by molar-refractivity contribution is 6.32. The summed E-state index contributed by atoms with van der Waals surface area (Å²) in [6.45, 7) is 7.82. The monoisotopic (exact) mass is 365 g/mol. The van der Waals surface area contributed by atoms with Gasteiger partial charge in [0.2, 0.25) is 5.95 Å². The topological polar surface area (TPSA) is 112 Å². The van der Waals surface area contributed by atoms with E-state index in [1.165, 1.54) is 12.3 Å². The highest BCUT2D eigenvalue weighted by atomic mass is 35.5. The van der Waals surface area contributed by atoms with Crippen molar-refractivity contribution >= 4 is 23.8 Å². The van der Waals surface area contributed by atoms with E-state index >= 15 is 0 Å². The largest absolute Gasteiger partial charge is 0.503 e. The number of hydrogen-bond acceptors (Lipinski definition) is 7. The first-order chi connectivity index (χ1) is 11.7. The molecule has 0 aliphatic heterocycles. The number of aromatic amines is 1. The van der Waals surface area contributed by atoms with Gasteiger partial charge in [0.25, 0.3) is 5.56 Å². The minimum Gasteiger partial charge on any atom is -0.503 e. The van der Waals surface area contributed by atoms with E-state index in [1.54, 1.807) is 13.0 Å². The first-order valence-electron chi connectivity index (χ1n) is 7.64. The summed E-state index contributed by atoms with van der Waals surface area (Å²) < 4.78 is 5.30. The molecule has 25 heavy (non-hydrogen) atoms. The smallest absolute Gasteiger partial charge is 0.274 e. The third-order valence-electron chi connectivity index (χ3n) is 3.14. The van der Waals surface area contributed by atoms with E-state index in [2.05, 4.69) is 25.7 Å². The molecule has 0 spiro atoms. The van der Waals surface area contributed by atoms with Gasteiger partial charge in [0, 0.05) is 5.41 Å². The third kappa shape index (κ3) is 4.69. The van der Waals surface area contributed by atoms with Gasteiger partial charge < -0.3 is 9.84 Å². The number of hydrazone groups is 1. The van der Waals surface area contributed by atoms with Gasteiger partial charge in [0.15, 0.2) is 11.5 Å². The summed E-state index contributed by atoms with van der Waals surface area (Å²) in [5.41, 5.74) is 2.80. The highest BCUT2D eigenvalue weighted by Gasteiger charge is 2.20. The van der Waals surface area contributed by atoms with E-state index in [4.69, 9.17) is 16.3 Å². The zero-order valence-corrected chi connectivity index (χ0v) is 15.2. The maximum atomic E-state index is 12.0. The molecule has 1 heterocycles. The van der Waals surface area contributed by atoms with Crippen LogP contribution < -0.4 is 15.7 Å². The second-order valence-corrected chi connectivity index (χ2v) is 6.66. The fourth-order valence-electron chi connectivity index (χ4n) is 1.98. The van der Waals surface area contributed by atoms with Gasteiger partial charge in [-0.25, -0.2) is 5.43 Å². The summed E-state index contributed by atoms with van der Waals surface area (Å²) >= 11 is 5.95. The van der Waals surface area contributed by atoms with Crippen LogP contribution in [0.3, 0.4) is 0 Å². The van der Waals surface area contributed by atoms with Crippen molar-refractivity contribution in [2.45, 2.75) is 33.1 Å². The van der Waals surface area contributed by atoms with Crippen LogP contribution >= 0.6 is 11.6 Å². The van der Waals surface area contributed by atoms with E-state index in [1.807, 2.05) is 20.8 Å². The molecular formula is C16H20ClN5O3. The molecule has 0 fully saturated rings. The van der Waals surface area contributed by atoms with Crippen LogP contribution in [0.1, 0.15) is 39.0 Å². The molecule has 0 bridgehead atoms. The molecule has 0 saturated carbocycles. The van der Waals surface area contributed by atoms with Crippen molar-refractivity contribution in [3.63, 3.8) is 0 Å². The molecule has 2 rings (SSSR count). The maximum absolute atomic E-state index is 12.0. The van der Waals surface area contributed by atoms with Gasteiger partial charge in [0.05, 0.1) is 17.8 Å². The summed E-state index contributed by atoms with van der Waals surface area (Å²) in [4.78, 5) is 14.6. The molecule has 0 amide bonds. The molecule has 0 aliphatic rings. The lowest BCUT2D eigenvalue weighted by atomic mass is 9.93. The van der Waals surface area contributed by atoms with Gasteiger partial charge in [-0.1, -0.05) is 32.4 Å². The summed E-state index contributed by atoms with van der Waals surface area (Å²) in [6, 6.07) is 3.12. The number of benzene rings is 1. The van der Waals surface area contributed by atoms with Crippen molar-refractivity contribution < 1.29 is 9.84 Å². The number of phenolic OH excluding ortho intramolecular Hbond substituents is 1. The number of nitrogens with one attached hydrogen (secondary N) is 2. The number of hydrogen-bond donors (Lipinski definition) is 3. The Bertz CT molecular complexity index is 843. The number of rotatable bonds is 5. The third-order valence-corrected chi connectivity index (χ3v) is 3.43. The van der Waals surface area contributed by atoms with Gasteiger partial charge in [-0.3, -0.25) is 9.78 Å². The average Bonchev–Trinajstić information content (AvgIpc) is 2.51. The normalized spacial score (nSPS) is 11.7. The first kappa shape index (κ1) is 18.7. The van der Waals surface area contributed by atoms with E-state index in [0.717, 1.165) is 0 Å². The van der Waals surface area contributed by atoms with E-state index < -0.39 is 5.41 Å². The van der Waals surface area contributed by atoms with Crippen molar-refractivity contribution in [3.05, 3.63) is 38.8 Å². The fourth-order valence-corrected chi connectivity index (χ4v) is 2.20. The molecule has 2 aromatic rings. The Morgan fingerprint density at radius 2 is 2.12 bits per heavy atom. The lowest BCUT2D eigenvalue weighted by molar-refractivity contribution is 0.318. The number of ether oxygens (including phenoxy) is 1. The van der Waals surface area contributed by atoms with Crippen molar-refractivity contribution in [3.8, 4) is 11.5 Å². The van der Waals surface area contributed by atoms with Crippen LogP contribution in [-0.4, -0.2) is 33.1 Å². The number of phenols is 1. The van der Waals surface area contributed by atoms with Gasteiger partial charge in [-0.05, 0) is 24.6 Å². The Hall–Kier alpha value is -2.61. The first-order valence-corrected chi connectivity index (χ1v) is 8.02. The van der Waals surface area contributed by atoms with Crippen molar-refractivity contribution in [2.75, 3.05) is 12.0 Å². The molecule has 0 unspecified atom stereocenters. The Morgan fingerprint density at radius 3 is 2.72 bits per heavy atom. The van der Waals surface area contributed by atoms with Gasteiger partial charge in [-0.15, -0.1) is 10.2 Å². The fraction of sp³-hybridized carbons (Fsp3) is 0.375. The number of aromatic hydroxyl groups is 1. The summed E-state index contributed by atoms with van der Waals surface area (Å²) in [6.07, 6.45) is 1.45. The lowest BCUT2D eigenvalue weighted by Crippen LogP contribution is -2.28. The second kappa shape index (κ2) is 7.52. The average molecular weight is 366 g/mol. The van der Waals surface area contributed by atoms with Gasteiger partial charge in [0.1, 0.15) is 5.69 Å². The van der Waals surface area contributed by atoms with Crippen molar-refractivity contribution in [1.82, 2.24) is 15.2 Å². The molecule has 9 heteroatoms. The molecule has 1 aromatic heterocycles. The minimum atomic E-state index is -0.402. The summed E-state index contributed by atoms with van der Waals surface area (Å²) in [5.74, 6) is 0.255. The zero-order valence-electron chi connectivity index (χ0n) is 14.4. The predicted molar refractivity (Wildman–Crippen MR) is 96.9 cm³/mol. The quantitative estimate of drug-likeness (QED) is 0.554. The lowest BCUT2D eigenvalue weighted by Gasteiger charge is -2.15. The second-order valence-electron chi connectivity index (χ2n) is 6.25. The van der Waals surface area contributed by atoms with Crippen LogP contribution in [-0.2, 0) is 5.41 Å². The van der Waals surface area contributed by atoms with Gasteiger partial charge >= 0.3 is 0 Å². The standard InChI is InChI=1S/C16H20ClN5O3/c1-5-25-11-7-9(6-10(17)12(11)23)8-18-21-15-19-14(24)13(20-22-15)16(2,3)4/h6-8,23H,5H2,1-4H3,(H2,19,21,22,24)/b18-8+. The Morgan fingerprint density at radius 1 is 1.40 bits per heavy atom. The SMILES string of the molecule is CCOc1cc(/C=N/Nc2nnc(C(C)(C)C)c(=O)[nH]2)cc(Cl)c1O. The zero-order chi connectivity index (χ0) is 18.6. The van der Waals surface area contributed by atoms with Gasteiger partial charge in [-0.2, -0.15) is 5.10 Å². The molecule has 3 N–H and O–H groups in total. The molecule has 1 aromatic carbocycles. The van der Waals surface area contributed by atoms with E-state index in [0.29, 0.717) is 17.9 Å². The molecule has 8 nitrogen and oxygen atoms in total. The molecule has 0 radical (unpaired) electrons. The molecule has 134 valence electrons. The Kier molecular flexibility index (Phi) is 5.63. The van der Waals surface area contributed by atoms with Crippen LogP contribution in [0.15, 0.2) is 22.0 Å². The van der Waals surface area contributed by atoms with Crippen LogP contribution in [0.4, 0.5) is 5.95 Å². The van der Waals surface area contributed by atoms with E-state index in [9.17, 15) is 9.90 Å². The summed E-state index contributed by atoms with van der Waals surface area (Å²) in [7, 11) is 0.